The van der Waals surface area contributed by atoms with Crippen LogP contribution in [-0.2, 0) is 29.0 Å². The van der Waals surface area contributed by atoms with Gasteiger partial charge in [-0.2, -0.15) is 0 Å². The van der Waals surface area contributed by atoms with Crippen LogP contribution in [0, 0.1) is 28.6 Å². The van der Waals surface area contributed by atoms with Gasteiger partial charge in [0.1, 0.15) is 12.1 Å². The van der Waals surface area contributed by atoms with E-state index >= 15 is 0 Å². The van der Waals surface area contributed by atoms with Crippen LogP contribution in [0.1, 0.15) is 92.9 Å². The molecule has 0 bridgehead atoms. The van der Waals surface area contributed by atoms with Crippen LogP contribution in [0.3, 0.4) is 0 Å². The third-order valence-corrected chi connectivity index (χ3v) is 12.7. The lowest BCUT2D eigenvalue weighted by Crippen LogP contribution is -2.64. The minimum Gasteiger partial charge on any atom is -0.346 e. The van der Waals surface area contributed by atoms with E-state index in [0.717, 1.165) is 32.1 Å². The fourth-order valence-electron chi connectivity index (χ4n) is 7.68. The van der Waals surface area contributed by atoms with Gasteiger partial charge in [0.05, 0.1) is 17.3 Å². The molecule has 4 N–H and O–H groups in total. The van der Waals surface area contributed by atoms with Crippen LogP contribution < -0.4 is 21.3 Å². The molecule has 1 heterocycles. The molecular formula is C34H55N5O7S. The Morgan fingerprint density at radius 3 is 2.21 bits per heavy atom. The zero-order valence-electron chi connectivity index (χ0n) is 28.9. The van der Waals surface area contributed by atoms with E-state index in [2.05, 4.69) is 41.7 Å². The summed E-state index contributed by atoms with van der Waals surface area (Å²) in [6.45, 7) is 15.2. The van der Waals surface area contributed by atoms with Gasteiger partial charge in [-0.1, -0.05) is 79.7 Å². The number of fused-ring (bicyclic) bond motifs is 1. The highest BCUT2D eigenvalue weighted by molar-refractivity contribution is 7.91. The Balaban J connectivity index is 1.54. The minimum atomic E-state index is -3.38. The molecule has 1 saturated heterocycles. The van der Waals surface area contributed by atoms with Gasteiger partial charge >= 0.3 is 6.03 Å². The summed E-state index contributed by atoms with van der Waals surface area (Å²) in [6.07, 6.45) is 7.29. The highest BCUT2D eigenvalue weighted by atomic mass is 32.2. The lowest BCUT2D eigenvalue weighted by Gasteiger charge is -2.40. The maximum Gasteiger partial charge on any atom is 0.315 e. The molecule has 0 aromatic rings. The number of Topliss-reactive ketones (excluding diaryl/α,β-unsaturated/α-hetero) is 1. The van der Waals surface area contributed by atoms with Gasteiger partial charge in [-0.3, -0.25) is 19.2 Å². The third-order valence-electron chi connectivity index (χ3n) is 10.8. The quantitative estimate of drug-likeness (QED) is 0.162. The number of rotatable bonds is 14. The number of likely N-dealkylation sites (tertiary alicyclic amines) is 1. The first-order valence-electron chi connectivity index (χ1n) is 17.2. The number of carbonyl (C=O) groups excluding carboxylic acids is 5. The van der Waals surface area contributed by atoms with Gasteiger partial charge in [0.25, 0.3) is 5.91 Å². The molecule has 0 aromatic carbocycles. The third kappa shape index (κ3) is 8.56. The summed E-state index contributed by atoms with van der Waals surface area (Å²) in [6, 6.07) is -3.51. The molecule has 3 aliphatic carbocycles. The number of sulfone groups is 1. The molecular weight excluding hydrogens is 622 g/mol. The van der Waals surface area contributed by atoms with Crippen molar-refractivity contribution >= 4 is 39.4 Å². The van der Waals surface area contributed by atoms with Crippen LogP contribution in [0.5, 0.6) is 0 Å². The molecule has 47 heavy (non-hydrogen) atoms. The molecule has 0 spiro atoms. The van der Waals surface area contributed by atoms with Crippen molar-refractivity contribution in [3.8, 4) is 0 Å². The number of piperidine rings is 1. The zero-order chi connectivity index (χ0) is 34.9. The first-order valence-corrected chi connectivity index (χ1v) is 19.0. The molecule has 0 aromatic heterocycles. The van der Waals surface area contributed by atoms with Crippen molar-refractivity contribution in [2.24, 2.45) is 28.6 Å². The van der Waals surface area contributed by atoms with Crippen LogP contribution in [0.2, 0.25) is 0 Å². The second-order valence-corrected chi connectivity index (χ2v) is 18.3. The highest BCUT2D eigenvalue weighted by Gasteiger charge is 2.70. The number of carbonyl (C=O) groups is 5. The van der Waals surface area contributed by atoms with Gasteiger partial charge in [0.2, 0.25) is 17.6 Å². The second kappa shape index (κ2) is 13.9. The standard InChI is InChI=1S/C34H55N5O7S/c1-8-17-35-29(42)26(40)23(18-21-13-14-21)36-28(41)25-24-22(33(24,6)7)19-39(25)30(43)27(32(3,4)5)37-31(44)38-34(15-11-10-12-16-34)20-47(45,46)9-2/h8,21-25,27H,1,9-20H2,2-7H3,(H,35,42)(H,36,41)(H2,37,38,44)/t22?,23?,24?,25?,27-/m1/s1. The van der Waals surface area contributed by atoms with E-state index in [9.17, 15) is 32.4 Å². The Morgan fingerprint density at radius 2 is 1.66 bits per heavy atom. The zero-order valence-corrected chi connectivity index (χ0v) is 29.8. The van der Waals surface area contributed by atoms with Gasteiger partial charge in [0, 0.05) is 18.8 Å². The van der Waals surface area contributed by atoms with E-state index in [4.69, 9.17) is 0 Å². The van der Waals surface area contributed by atoms with Crippen molar-refractivity contribution in [1.82, 2.24) is 26.2 Å². The monoisotopic (exact) mass is 677 g/mol. The minimum absolute atomic E-state index is 0.0230. The highest BCUT2D eigenvalue weighted by Crippen LogP contribution is 2.65. The summed E-state index contributed by atoms with van der Waals surface area (Å²) in [4.78, 5) is 69.2. The van der Waals surface area contributed by atoms with Crippen molar-refractivity contribution in [1.29, 1.82) is 0 Å². The number of hydrogen-bond donors (Lipinski definition) is 4. The molecule has 0 radical (unpaired) electrons. The first-order chi connectivity index (χ1) is 21.9. The summed E-state index contributed by atoms with van der Waals surface area (Å²) in [5.41, 5.74) is -1.86. The number of urea groups is 1. The van der Waals surface area contributed by atoms with Gasteiger partial charge < -0.3 is 26.2 Å². The molecule has 4 aliphatic rings. The van der Waals surface area contributed by atoms with E-state index in [1.807, 2.05) is 20.8 Å². The molecule has 4 fully saturated rings. The van der Waals surface area contributed by atoms with Crippen molar-refractivity contribution in [3.05, 3.63) is 12.7 Å². The molecule has 12 nitrogen and oxygen atoms in total. The average Bonchev–Trinajstić information content (AvgIpc) is 3.84. The Bertz CT molecular complexity index is 1360. The maximum absolute atomic E-state index is 14.4. The van der Waals surface area contributed by atoms with E-state index in [0.29, 0.717) is 25.8 Å². The largest absolute Gasteiger partial charge is 0.346 e. The molecule has 264 valence electrons. The number of nitrogens with one attached hydrogen (secondary N) is 4. The second-order valence-electron chi connectivity index (χ2n) is 15.9. The van der Waals surface area contributed by atoms with Gasteiger partial charge in [0.15, 0.2) is 9.84 Å². The molecule has 5 amide bonds. The summed E-state index contributed by atoms with van der Waals surface area (Å²) in [5.74, 6) is -2.41. The van der Waals surface area contributed by atoms with Crippen molar-refractivity contribution in [3.63, 3.8) is 0 Å². The van der Waals surface area contributed by atoms with Crippen LogP contribution in [0.4, 0.5) is 4.79 Å². The van der Waals surface area contributed by atoms with Crippen molar-refractivity contribution < 1.29 is 32.4 Å². The molecule has 5 atom stereocenters. The Morgan fingerprint density at radius 1 is 1.02 bits per heavy atom. The van der Waals surface area contributed by atoms with Gasteiger partial charge in [-0.25, -0.2) is 13.2 Å². The SMILES string of the molecule is C=CCNC(=O)C(=O)C(CC1CC1)NC(=O)C1C2C(CN1C(=O)[C@@H](NC(=O)NC1(CS(=O)(=O)CC)CCCCC1)C(C)(C)C)C2(C)C. The molecule has 4 unspecified atom stereocenters. The Hall–Kier alpha value is -2.96. The lowest BCUT2D eigenvalue weighted by atomic mass is 9.83. The Kier molecular flexibility index (Phi) is 10.9. The van der Waals surface area contributed by atoms with Crippen LogP contribution in [0.15, 0.2) is 12.7 Å². The summed E-state index contributed by atoms with van der Waals surface area (Å²) in [7, 11) is -3.38. The van der Waals surface area contributed by atoms with E-state index < -0.39 is 68.5 Å². The molecule has 4 rings (SSSR count). The molecule has 13 heteroatoms. The first kappa shape index (κ1) is 36.9. The van der Waals surface area contributed by atoms with Crippen LogP contribution >= 0.6 is 0 Å². The summed E-state index contributed by atoms with van der Waals surface area (Å²) in [5, 5.41) is 11.2. The predicted octanol–water partition coefficient (Wildman–Crippen LogP) is 2.48. The fourth-order valence-corrected chi connectivity index (χ4v) is 9.09. The number of hydrogen-bond acceptors (Lipinski definition) is 7. The molecule has 3 saturated carbocycles. The van der Waals surface area contributed by atoms with E-state index in [1.165, 1.54) is 11.0 Å². The summed E-state index contributed by atoms with van der Waals surface area (Å²) >= 11 is 0. The summed E-state index contributed by atoms with van der Waals surface area (Å²) < 4.78 is 25.3. The van der Waals surface area contributed by atoms with Crippen LogP contribution in [0.25, 0.3) is 0 Å². The number of nitrogens with zero attached hydrogens (tertiary/aromatic N) is 1. The van der Waals surface area contributed by atoms with Gasteiger partial charge in [-0.15, -0.1) is 6.58 Å². The lowest BCUT2D eigenvalue weighted by molar-refractivity contribution is -0.145. The van der Waals surface area contributed by atoms with E-state index in [1.54, 1.807) is 6.92 Å². The number of ketones is 1. The van der Waals surface area contributed by atoms with Gasteiger partial charge in [-0.05, 0) is 47.8 Å². The fraction of sp³-hybridized carbons (Fsp3) is 0.794. The van der Waals surface area contributed by atoms with Crippen molar-refractivity contribution in [2.75, 3.05) is 24.6 Å². The normalized spacial score (nSPS) is 25.8. The van der Waals surface area contributed by atoms with Crippen LogP contribution in [-0.4, -0.2) is 91.1 Å². The topological polar surface area (TPSA) is 171 Å². The predicted molar refractivity (Wildman–Crippen MR) is 179 cm³/mol. The number of amides is 5. The van der Waals surface area contributed by atoms with Crippen molar-refractivity contribution in [2.45, 2.75) is 117 Å². The average molecular weight is 678 g/mol. The Labute approximate surface area is 279 Å². The van der Waals surface area contributed by atoms with E-state index in [-0.39, 0.29) is 41.2 Å². The molecule has 1 aliphatic heterocycles. The smallest absolute Gasteiger partial charge is 0.315 e. The maximum atomic E-state index is 14.4.